The number of rotatable bonds is 0. The number of anilines is 1. The van der Waals surface area contributed by atoms with Gasteiger partial charge >= 0.3 is 0 Å². The lowest BCUT2D eigenvalue weighted by Gasteiger charge is -2.23. The molecule has 13 heavy (non-hydrogen) atoms. The summed E-state index contributed by atoms with van der Waals surface area (Å²) in [5, 5.41) is 0. The number of nitrogen functional groups attached to an aromatic ring is 1. The van der Waals surface area contributed by atoms with Gasteiger partial charge in [0.2, 0.25) is 0 Å². The second-order valence-electron chi connectivity index (χ2n) is 3.35. The number of nitrogens with two attached hydrogens (primary N) is 1. The molecule has 0 spiro atoms. The third-order valence-corrected chi connectivity index (χ3v) is 2.55. The van der Waals surface area contributed by atoms with Gasteiger partial charge in [-0.3, -0.25) is 0 Å². The summed E-state index contributed by atoms with van der Waals surface area (Å²) >= 11 is 0. The first kappa shape index (κ1) is 6.72. The average molecular weight is 167 g/mol. The Labute approximate surface area is 76.8 Å². The first-order chi connectivity index (χ1) is 6.36. The molecule has 0 atom stereocenters. The summed E-state index contributed by atoms with van der Waals surface area (Å²) in [5.74, 6) is 0. The van der Waals surface area contributed by atoms with E-state index < -0.39 is 0 Å². The van der Waals surface area contributed by atoms with Crippen molar-refractivity contribution in [3.8, 4) is 22.3 Å². The zero-order valence-corrected chi connectivity index (χ0v) is 7.12. The van der Waals surface area contributed by atoms with Crippen molar-refractivity contribution in [1.29, 1.82) is 0 Å². The molecule has 0 aromatic heterocycles. The zero-order chi connectivity index (χ0) is 8.84. The van der Waals surface area contributed by atoms with E-state index in [4.69, 9.17) is 5.73 Å². The third-order valence-electron chi connectivity index (χ3n) is 2.55. The van der Waals surface area contributed by atoms with Crippen molar-refractivity contribution in [2.24, 2.45) is 0 Å². The summed E-state index contributed by atoms with van der Waals surface area (Å²) < 4.78 is 0. The number of hydrogen-bond donors (Lipinski definition) is 1. The SMILES string of the molecule is Nc1ccc2c(c1)-c1ccccc1-2. The Morgan fingerprint density at radius 3 is 2.08 bits per heavy atom. The molecule has 62 valence electrons. The Balaban J connectivity index is 2.29. The zero-order valence-electron chi connectivity index (χ0n) is 7.12. The highest BCUT2D eigenvalue weighted by Crippen LogP contribution is 2.47. The number of benzene rings is 2. The fourth-order valence-electron chi connectivity index (χ4n) is 1.91. The van der Waals surface area contributed by atoms with Crippen molar-refractivity contribution in [3.05, 3.63) is 42.5 Å². The van der Waals surface area contributed by atoms with Gasteiger partial charge in [0, 0.05) is 5.69 Å². The number of hydrogen-bond acceptors (Lipinski definition) is 1. The van der Waals surface area contributed by atoms with Gasteiger partial charge in [-0.2, -0.15) is 0 Å². The first-order valence-electron chi connectivity index (χ1n) is 4.35. The van der Waals surface area contributed by atoms with Crippen LogP contribution in [-0.2, 0) is 0 Å². The smallest absolute Gasteiger partial charge is 0.0320 e. The standard InChI is InChI=1S/C12H9N/c13-8-5-6-11-9-3-1-2-4-10(9)12(11)7-8/h1-7H,13H2. The van der Waals surface area contributed by atoms with E-state index in [2.05, 4.69) is 30.3 Å². The molecule has 1 aliphatic carbocycles. The van der Waals surface area contributed by atoms with Crippen LogP contribution in [0.4, 0.5) is 5.69 Å². The van der Waals surface area contributed by atoms with Gasteiger partial charge in [0.15, 0.2) is 0 Å². The van der Waals surface area contributed by atoms with E-state index in [1.165, 1.54) is 22.3 Å². The third kappa shape index (κ3) is 0.760. The topological polar surface area (TPSA) is 26.0 Å². The summed E-state index contributed by atoms with van der Waals surface area (Å²) in [4.78, 5) is 0. The molecule has 1 nitrogen and oxygen atoms in total. The van der Waals surface area contributed by atoms with Crippen LogP contribution in [-0.4, -0.2) is 0 Å². The van der Waals surface area contributed by atoms with E-state index >= 15 is 0 Å². The molecule has 0 bridgehead atoms. The first-order valence-corrected chi connectivity index (χ1v) is 4.35. The molecule has 2 N–H and O–H groups in total. The maximum atomic E-state index is 5.72. The quantitative estimate of drug-likeness (QED) is 0.512. The molecule has 0 amide bonds. The molecule has 0 fully saturated rings. The highest BCUT2D eigenvalue weighted by Gasteiger charge is 2.20. The van der Waals surface area contributed by atoms with Gasteiger partial charge < -0.3 is 5.73 Å². The van der Waals surface area contributed by atoms with Crippen LogP contribution in [0.3, 0.4) is 0 Å². The minimum Gasteiger partial charge on any atom is -0.399 e. The van der Waals surface area contributed by atoms with Crippen molar-refractivity contribution >= 4 is 5.69 Å². The van der Waals surface area contributed by atoms with Crippen molar-refractivity contribution in [2.75, 3.05) is 5.73 Å². The maximum Gasteiger partial charge on any atom is 0.0320 e. The van der Waals surface area contributed by atoms with Gasteiger partial charge in [-0.1, -0.05) is 30.3 Å². The van der Waals surface area contributed by atoms with Crippen LogP contribution in [0.2, 0.25) is 0 Å². The molecular formula is C12H9N. The van der Waals surface area contributed by atoms with Gasteiger partial charge in [-0.25, -0.2) is 0 Å². The summed E-state index contributed by atoms with van der Waals surface area (Å²) in [6, 6.07) is 14.5. The second kappa shape index (κ2) is 2.13. The van der Waals surface area contributed by atoms with Crippen molar-refractivity contribution in [2.45, 2.75) is 0 Å². The summed E-state index contributed by atoms with van der Waals surface area (Å²) in [5.41, 5.74) is 11.8. The maximum absolute atomic E-state index is 5.72. The monoisotopic (exact) mass is 167 g/mol. The van der Waals surface area contributed by atoms with Crippen LogP contribution in [0.5, 0.6) is 0 Å². The predicted molar refractivity (Wildman–Crippen MR) is 55.3 cm³/mol. The van der Waals surface area contributed by atoms with Crippen LogP contribution >= 0.6 is 0 Å². The predicted octanol–water partition coefficient (Wildman–Crippen LogP) is 2.92. The molecule has 2 aromatic rings. The minimum absolute atomic E-state index is 0.841. The van der Waals surface area contributed by atoms with Crippen molar-refractivity contribution in [3.63, 3.8) is 0 Å². The summed E-state index contributed by atoms with van der Waals surface area (Å²) in [6.45, 7) is 0. The van der Waals surface area contributed by atoms with Crippen molar-refractivity contribution in [1.82, 2.24) is 0 Å². The Morgan fingerprint density at radius 2 is 1.31 bits per heavy atom. The molecule has 0 saturated carbocycles. The normalized spacial score (nSPS) is 11.4. The molecule has 1 aliphatic rings. The van der Waals surface area contributed by atoms with Gasteiger partial charge in [0.1, 0.15) is 0 Å². The molecule has 3 rings (SSSR count). The second-order valence-corrected chi connectivity index (χ2v) is 3.35. The van der Waals surface area contributed by atoms with Crippen molar-refractivity contribution < 1.29 is 0 Å². The lowest BCUT2D eigenvalue weighted by atomic mass is 9.80. The Kier molecular flexibility index (Phi) is 1.10. The molecule has 1 heteroatoms. The lowest BCUT2D eigenvalue weighted by molar-refractivity contribution is 1.52. The molecular weight excluding hydrogens is 158 g/mol. The van der Waals surface area contributed by atoms with Crippen LogP contribution in [0, 0.1) is 0 Å². The Hall–Kier alpha value is -1.76. The Morgan fingerprint density at radius 1 is 0.692 bits per heavy atom. The highest BCUT2D eigenvalue weighted by molar-refractivity contribution is 6.03. The molecule has 0 unspecified atom stereocenters. The van der Waals surface area contributed by atoms with E-state index in [1.807, 2.05) is 12.1 Å². The van der Waals surface area contributed by atoms with E-state index in [-0.39, 0.29) is 0 Å². The fourth-order valence-corrected chi connectivity index (χ4v) is 1.91. The fraction of sp³-hybridized carbons (Fsp3) is 0. The summed E-state index contributed by atoms with van der Waals surface area (Å²) in [7, 11) is 0. The largest absolute Gasteiger partial charge is 0.399 e. The van der Waals surface area contributed by atoms with Crippen LogP contribution < -0.4 is 5.73 Å². The average Bonchev–Trinajstić information content (AvgIpc) is 2.15. The Bertz CT molecular complexity index is 486. The van der Waals surface area contributed by atoms with Gasteiger partial charge in [-0.05, 0) is 34.4 Å². The van der Waals surface area contributed by atoms with E-state index in [1.54, 1.807) is 0 Å². The van der Waals surface area contributed by atoms with Gasteiger partial charge in [0.05, 0.1) is 0 Å². The van der Waals surface area contributed by atoms with Crippen LogP contribution in [0.15, 0.2) is 42.5 Å². The molecule has 2 aromatic carbocycles. The van der Waals surface area contributed by atoms with E-state index in [0.29, 0.717) is 0 Å². The molecule has 0 aliphatic heterocycles. The molecule has 0 saturated heterocycles. The van der Waals surface area contributed by atoms with E-state index in [9.17, 15) is 0 Å². The number of fused-ring (bicyclic) bond motifs is 4. The molecule has 0 radical (unpaired) electrons. The van der Waals surface area contributed by atoms with Crippen LogP contribution in [0.25, 0.3) is 22.3 Å². The minimum atomic E-state index is 0.841. The lowest BCUT2D eigenvalue weighted by Crippen LogP contribution is -1.98. The highest BCUT2D eigenvalue weighted by atomic mass is 14.5. The van der Waals surface area contributed by atoms with Gasteiger partial charge in [-0.15, -0.1) is 0 Å². The molecule has 0 heterocycles. The van der Waals surface area contributed by atoms with E-state index in [0.717, 1.165) is 5.69 Å². The van der Waals surface area contributed by atoms with Crippen LogP contribution in [0.1, 0.15) is 0 Å². The van der Waals surface area contributed by atoms with Gasteiger partial charge in [0.25, 0.3) is 0 Å². The summed E-state index contributed by atoms with van der Waals surface area (Å²) in [6.07, 6.45) is 0.